The van der Waals surface area contributed by atoms with Crippen LogP contribution in [0.25, 0.3) is 0 Å². The zero-order valence-electron chi connectivity index (χ0n) is 15.0. The van der Waals surface area contributed by atoms with Crippen molar-refractivity contribution in [2.24, 2.45) is 17.8 Å². The molecule has 0 saturated carbocycles. The molecule has 1 aliphatic rings. The Bertz CT molecular complexity index is 377. The summed E-state index contributed by atoms with van der Waals surface area (Å²) in [7, 11) is 0. The van der Waals surface area contributed by atoms with Crippen LogP contribution in [0.3, 0.4) is 0 Å². The minimum Gasteiger partial charge on any atom is -0.393 e. The predicted molar refractivity (Wildman–Crippen MR) is 97.9 cm³/mol. The van der Waals surface area contributed by atoms with Gasteiger partial charge in [0.2, 0.25) is 0 Å². The van der Waals surface area contributed by atoms with Crippen LogP contribution in [0, 0.1) is 17.8 Å². The highest BCUT2D eigenvalue weighted by atomic mass is 16.3. The summed E-state index contributed by atoms with van der Waals surface area (Å²) in [6.07, 6.45) is 13.5. The Balaban J connectivity index is 2.60. The lowest BCUT2D eigenvalue weighted by Gasteiger charge is -2.32. The number of aliphatic hydroxyl groups is 1. The van der Waals surface area contributed by atoms with E-state index in [1.807, 2.05) is 6.92 Å². The Labute approximate surface area is 138 Å². The number of rotatable bonds is 10. The van der Waals surface area contributed by atoms with Crippen molar-refractivity contribution in [1.29, 1.82) is 0 Å². The summed E-state index contributed by atoms with van der Waals surface area (Å²) in [6.45, 7) is 15.0. The van der Waals surface area contributed by atoms with Gasteiger partial charge in [0.15, 0.2) is 0 Å². The third-order valence-corrected chi connectivity index (χ3v) is 5.27. The van der Waals surface area contributed by atoms with Gasteiger partial charge in [-0.2, -0.15) is 0 Å². The van der Waals surface area contributed by atoms with E-state index in [2.05, 4.69) is 39.2 Å². The van der Waals surface area contributed by atoms with Gasteiger partial charge in [-0.05, 0) is 69.6 Å². The van der Waals surface area contributed by atoms with Crippen molar-refractivity contribution in [1.82, 2.24) is 0 Å². The average molecular weight is 305 g/mol. The normalized spacial score (nSPS) is 22.5. The third kappa shape index (κ3) is 5.76. The Morgan fingerprint density at radius 1 is 1.41 bits per heavy atom. The molecule has 0 aliphatic heterocycles. The van der Waals surface area contributed by atoms with E-state index in [9.17, 15) is 5.11 Å². The molecule has 22 heavy (non-hydrogen) atoms. The quantitative estimate of drug-likeness (QED) is 0.486. The van der Waals surface area contributed by atoms with Crippen LogP contribution in [0.15, 0.2) is 36.5 Å². The second-order valence-corrected chi connectivity index (χ2v) is 7.00. The minimum atomic E-state index is -0.180. The Morgan fingerprint density at radius 3 is 2.59 bits per heavy atom. The molecule has 1 N–H and O–H groups in total. The fourth-order valence-electron chi connectivity index (χ4n) is 3.81. The highest BCUT2D eigenvalue weighted by Crippen LogP contribution is 2.38. The monoisotopic (exact) mass is 304 g/mol. The minimum absolute atomic E-state index is 0.180. The summed E-state index contributed by atoms with van der Waals surface area (Å²) in [5, 5.41) is 9.42. The van der Waals surface area contributed by atoms with Crippen molar-refractivity contribution >= 4 is 0 Å². The largest absolute Gasteiger partial charge is 0.393 e. The SMILES string of the molecule is C=CC(CCC)C(CC)C(=C)C1CC=C(CCC(C)O)CC1. The molecule has 0 heterocycles. The van der Waals surface area contributed by atoms with E-state index in [1.54, 1.807) is 0 Å². The van der Waals surface area contributed by atoms with Gasteiger partial charge in [0.1, 0.15) is 0 Å². The molecular weight excluding hydrogens is 268 g/mol. The van der Waals surface area contributed by atoms with E-state index in [0.717, 1.165) is 19.3 Å². The number of hydrogen-bond donors (Lipinski definition) is 1. The number of hydrogen-bond acceptors (Lipinski definition) is 1. The van der Waals surface area contributed by atoms with E-state index in [1.165, 1.54) is 43.3 Å². The van der Waals surface area contributed by atoms with Gasteiger partial charge >= 0.3 is 0 Å². The van der Waals surface area contributed by atoms with Crippen LogP contribution in [0.2, 0.25) is 0 Å². The Kier molecular flexibility index (Phi) is 8.78. The summed E-state index contributed by atoms with van der Waals surface area (Å²) in [4.78, 5) is 0. The molecule has 0 radical (unpaired) electrons. The van der Waals surface area contributed by atoms with Gasteiger partial charge in [0, 0.05) is 0 Å². The van der Waals surface area contributed by atoms with Crippen molar-refractivity contribution in [3.8, 4) is 0 Å². The van der Waals surface area contributed by atoms with Gasteiger partial charge in [-0.15, -0.1) is 6.58 Å². The van der Waals surface area contributed by atoms with Gasteiger partial charge in [-0.1, -0.05) is 50.1 Å². The summed E-state index contributed by atoms with van der Waals surface area (Å²) >= 11 is 0. The highest BCUT2D eigenvalue weighted by Gasteiger charge is 2.26. The van der Waals surface area contributed by atoms with Crippen molar-refractivity contribution in [2.45, 2.75) is 78.2 Å². The molecule has 126 valence electrons. The molecule has 0 aromatic carbocycles. The molecule has 0 aromatic heterocycles. The van der Waals surface area contributed by atoms with Gasteiger partial charge < -0.3 is 5.11 Å². The fourth-order valence-corrected chi connectivity index (χ4v) is 3.81. The van der Waals surface area contributed by atoms with Crippen LogP contribution in [-0.4, -0.2) is 11.2 Å². The summed E-state index contributed by atoms with van der Waals surface area (Å²) < 4.78 is 0. The molecule has 4 unspecified atom stereocenters. The van der Waals surface area contributed by atoms with E-state index < -0.39 is 0 Å². The first-order valence-electron chi connectivity index (χ1n) is 9.20. The van der Waals surface area contributed by atoms with Crippen molar-refractivity contribution in [2.75, 3.05) is 0 Å². The smallest absolute Gasteiger partial charge is 0.0515 e. The topological polar surface area (TPSA) is 20.2 Å². The standard InChI is InChI=1S/C21H36O/c1-6-9-19(7-2)21(8-3)17(5)20-14-12-18(13-15-20)11-10-16(4)22/h7,12,16,19-22H,2,5-6,8-11,13-15H2,1,3-4H3. The predicted octanol–water partition coefficient (Wildman–Crippen LogP) is 6.06. The van der Waals surface area contributed by atoms with E-state index in [-0.39, 0.29) is 6.10 Å². The Morgan fingerprint density at radius 2 is 2.14 bits per heavy atom. The van der Waals surface area contributed by atoms with E-state index in [0.29, 0.717) is 17.8 Å². The molecule has 0 saturated heterocycles. The molecule has 1 aliphatic carbocycles. The second kappa shape index (κ2) is 10.0. The maximum atomic E-state index is 9.42. The number of aliphatic hydroxyl groups excluding tert-OH is 1. The second-order valence-electron chi connectivity index (χ2n) is 7.00. The summed E-state index contributed by atoms with van der Waals surface area (Å²) in [5.41, 5.74) is 2.98. The molecule has 0 spiro atoms. The summed E-state index contributed by atoms with van der Waals surface area (Å²) in [5.74, 6) is 1.82. The van der Waals surface area contributed by atoms with Crippen LogP contribution < -0.4 is 0 Å². The molecule has 1 rings (SSSR count). The van der Waals surface area contributed by atoms with Crippen LogP contribution in [0.5, 0.6) is 0 Å². The maximum absolute atomic E-state index is 9.42. The summed E-state index contributed by atoms with van der Waals surface area (Å²) in [6, 6.07) is 0. The van der Waals surface area contributed by atoms with Crippen LogP contribution >= 0.6 is 0 Å². The van der Waals surface area contributed by atoms with Gasteiger partial charge in [0.05, 0.1) is 6.10 Å². The van der Waals surface area contributed by atoms with E-state index in [4.69, 9.17) is 0 Å². The Hall–Kier alpha value is -0.820. The van der Waals surface area contributed by atoms with Gasteiger partial charge in [-0.3, -0.25) is 0 Å². The lowest BCUT2D eigenvalue weighted by atomic mass is 9.73. The first kappa shape index (κ1) is 19.2. The molecule has 1 nitrogen and oxygen atoms in total. The highest BCUT2D eigenvalue weighted by molar-refractivity contribution is 5.17. The van der Waals surface area contributed by atoms with Crippen LogP contribution in [0.1, 0.15) is 72.1 Å². The number of allylic oxidation sites excluding steroid dienone is 4. The molecule has 0 fully saturated rings. The third-order valence-electron chi connectivity index (χ3n) is 5.27. The molecule has 0 amide bonds. The first-order valence-corrected chi connectivity index (χ1v) is 9.20. The molecule has 4 atom stereocenters. The van der Waals surface area contributed by atoms with Crippen molar-refractivity contribution in [3.05, 3.63) is 36.5 Å². The van der Waals surface area contributed by atoms with Crippen LogP contribution in [0.4, 0.5) is 0 Å². The van der Waals surface area contributed by atoms with Crippen molar-refractivity contribution < 1.29 is 5.11 Å². The lowest BCUT2D eigenvalue weighted by Crippen LogP contribution is -2.21. The van der Waals surface area contributed by atoms with Crippen molar-refractivity contribution in [3.63, 3.8) is 0 Å². The van der Waals surface area contributed by atoms with Gasteiger partial charge in [0.25, 0.3) is 0 Å². The van der Waals surface area contributed by atoms with E-state index >= 15 is 0 Å². The average Bonchev–Trinajstić information content (AvgIpc) is 2.53. The van der Waals surface area contributed by atoms with Crippen LogP contribution in [-0.2, 0) is 0 Å². The lowest BCUT2D eigenvalue weighted by molar-refractivity contribution is 0.184. The molecule has 1 heteroatoms. The molecule has 0 bridgehead atoms. The van der Waals surface area contributed by atoms with Gasteiger partial charge in [-0.25, -0.2) is 0 Å². The zero-order valence-corrected chi connectivity index (χ0v) is 15.0. The first-order chi connectivity index (χ1) is 10.5. The molecule has 0 aromatic rings. The zero-order chi connectivity index (χ0) is 16.5. The molecular formula is C21H36O. The fraction of sp³-hybridized carbons (Fsp3) is 0.714. The maximum Gasteiger partial charge on any atom is 0.0515 e.